The van der Waals surface area contributed by atoms with E-state index >= 15 is 0 Å². The maximum atomic E-state index is 12.5. The van der Waals surface area contributed by atoms with Crippen LogP contribution in [-0.2, 0) is 19.0 Å². The molecular weight excluding hydrogens is 507 g/mol. The van der Waals surface area contributed by atoms with Crippen molar-refractivity contribution < 1.29 is 24.1 Å². The fourth-order valence-corrected chi connectivity index (χ4v) is 9.41. The summed E-state index contributed by atoms with van der Waals surface area (Å²) in [6, 6.07) is 0. The molecule has 1 heterocycles. The number of halogens is 1. The van der Waals surface area contributed by atoms with Crippen LogP contribution in [-0.4, -0.2) is 46.7 Å². The maximum absolute atomic E-state index is 12.5. The van der Waals surface area contributed by atoms with E-state index < -0.39 is 5.79 Å². The van der Waals surface area contributed by atoms with E-state index in [0.29, 0.717) is 47.2 Å². The number of rotatable bonds is 3. The number of fused-ring (bicyclic) bond motifs is 5. The summed E-state index contributed by atoms with van der Waals surface area (Å²) in [5.41, 5.74) is 0.218. The first-order valence-corrected chi connectivity index (χ1v) is 14.0. The normalized spacial score (nSPS) is 50.9. The van der Waals surface area contributed by atoms with Crippen LogP contribution in [0.2, 0.25) is 0 Å². The van der Waals surface area contributed by atoms with Gasteiger partial charge in [0, 0.05) is 11.8 Å². The van der Waals surface area contributed by atoms with Crippen molar-refractivity contribution in [1.29, 1.82) is 0 Å². The Bertz CT molecular complexity index is 708. The lowest BCUT2D eigenvalue weighted by molar-refractivity contribution is -0.236. The first kappa shape index (κ1) is 22.9. The molecule has 0 unspecified atom stereocenters. The van der Waals surface area contributed by atoms with Crippen LogP contribution in [0.4, 0.5) is 0 Å². The fourth-order valence-electron chi connectivity index (χ4n) is 9.23. The zero-order chi connectivity index (χ0) is 22.0. The highest BCUT2D eigenvalue weighted by atomic mass is 127. The third kappa shape index (κ3) is 3.52. The van der Waals surface area contributed by atoms with Crippen LogP contribution in [0, 0.1) is 40.4 Å². The van der Waals surface area contributed by atoms with E-state index in [9.17, 15) is 9.90 Å². The maximum Gasteiger partial charge on any atom is 0.316 e. The average Bonchev–Trinajstić information content (AvgIpc) is 3.31. The molecule has 0 amide bonds. The van der Waals surface area contributed by atoms with Crippen molar-refractivity contribution in [2.24, 2.45) is 40.4 Å². The Morgan fingerprint density at radius 1 is 1.06 bits per heavy atom. The zero-order valence-corrected chi connectivity index (χ0v) is 21.4. The molecule has 5 rings (SSSR count). The van der Waals surface area contributed by atoms with Crippen molar-refractivity contribution in [2.45, 2.75) is 90.1 Å². The van der Waals surface area contributed by atoms with E-state index in [1.165, 1.54) is 19.3 Å². The van der Waals surface area contributed by atoms with Crippen LogP contribution in [0.1, 0.15) is 72.1 Å². The molecule has 4 aliphatic carbocycles. The molecule has 5 fully saturated rings. The Hall–Kier alpha value is 0.0800. The highest BCUT2D eigenvalue weighted by Gasteiger charge is 2.67. The number of aliphatic hydroxyl groups excluding tert-OH is 1. The minimum Gasteiger partial charge on any atom is -0.461 e. The van der Waals surface area contributed by atoms with Gasteiger partial charge in [-0.3, -0.25) is 4.79 Å². The van der Waals surface area contributed by atoms with Gasteiger partial charge in [0.25, 0.3) is 0 Å². The first-order valence-electron chi connectivity index (χ1n) is 12.4. The highest BCUT2D eigenvalue weighted by molar-refractivity contribution is 14.1. The van der Waals surface area contributed by atoms with Crippen molar-refractivity contribution in [3.8, 4) is 0 Å². The molecule has 0 aromatic carbocycles. The van der Waals surface area contributed by atoms with Gasteiger partial charge in [0.1, 0.15) is 6.10 Å². The van der Waals surface area contributed by atoms with Crippen molar-refractivity contribution >= 4 is 28.6 Å². The Labute approximate surface area is 200 Å². The Kier molecular flexibility index (Phi) is 5.96. The van der Waals surface area contributed by atoms with E-state index in [4.69, 9.17) is 14.2 Å². The second-order valence-corrected chi connectivity index (χ2v) is 12.5. The molecule has 0 radical (unpaired) electrons. The zero-order valence-electron chi connectivity index (χ0n) is 19.3. The molecule has 4 saturated carbocycles. The standard InChI is InChI=1S/C25H39IO5/c1-23-9-8-16(27)12-15(23)4-5-17-18-6-7-20(25(3)29-10-11-30-25)24(18,2)13-19(22(17)23)31-21(28)14-26/h15-20,22,27H,4-14H2,1-3H3/t15-,16+,17-,18-,19-,20-,22+,23-,24-/m0/s1. The van der Waals surface area contributed by atoms with E-state index in [2.05, 4.69) is 43.4 Å². The summed E-state index contributed by atoms with van der Waals surface area (Å²) in [5.74, 6) is 1.91. The topological polar surface area (TPSA) is 65.0 Å². The third-order valence-corrected chi connectivity index (χ3v) is 11.1. The number of esters is 1. The van der Waals surface area contributed by atoms with Crippen molar-refractivity contribution in [2.75, 3.05) is 17.6 Å². The van der Waals surface area contributed by atoms with Crippen molar-refractivity contribution in [3.63, 3.8) is 0 Å². The molecule has 5 aliphatic rings. The van der Waals surface area contributed by atoms with Gasteiger partial charge in [-0.05, 0) is 86.9 Å². The molecule has 0 aromatic heterocycles. The van der Waals surface area contributed by atoms with Gasteiger partial charge < -0.3 is 19.3 Å². The van der Waals surface area contributed by atoms with Gasteiger partial charge in [0.2, 0.25) is 0 Å². The van der Waals surface area contributed by atoms with E-state index in [1.54, 1.807) is 0 Å². The second kappa shape index (κ2) is 8.09. The lowest BCUT2D eigenvalue weighted by Crippen LogP contribution is -2.61. The lowest BCUT2D eigenvalue weighted by atomic mass is 9.43. The average molecular weight is 546 g/mol. The molecule has 0 spiro atoms. The molecule has 5 nitrogen and oxygen atoms in total. The molecule has 1 aliphatic heterocycles. The van der Waals surface area contributed by atoms with Gasteiger partial charge in [-0.25, -0.2) is 0 Å². The summed E-state index contributed by atoms with van der Waals surface area (Å²) in [5, 5.41) is 10.4. The molecule has 6 heteroatoms. The van der Waals surface area contributed by atoms with E-state index in [-0.39, 0.29) is 29.0 Å². The van der Waals surface area contributed by atoms with Gasteiger partial charge in [-0.2, -0.15) is 0 Å². The Morgan fingerprint density at radius 2 is 1.81 bits per heavy atom. The summed E-state index contributed by atoms with van der Waals surface area (Å²) in [6.45, 7) is 8.37. The monoisotopic (exact) mass is 546 g/mol. The van der Waals surface area contributed by atoms with Crippen LogP contribution >= 0.6 is 22.6 Å². The predicted molar refractivity (Wildman–Crippen MR) is 126 cm³/mol. The number of carbonyl (C=O) groups excluding carboxylic acids is 1. The number of aliphatic hydroxyl groups is 1. The van der Waals surface area contributed by atoms with Gasteiger partial charge in [-0.15, -0.1) is 0 Å². The Morgan fingerprint density at radius 3 is 2.52 bits per heavy atom. The van der Waals surface area contributed by atoms with Crippen LogP contribution in [0.5, 0.6) is 0 Å². The highest BCUT2D eigenvalue weighted by Crippen LogP contribution is 2.69. The number of hydrogen-bond acceptors (Lipinski definition) is 5. The molecule has 1 saturated heterocycles. The smallest absolute Gasteiger partial charge is 0.316 e. The second-order valence-electron chi connectivity index (χ2n) is 11.7. The van der Waals surface area contributed by atoms with Crippen LogP contribution in [0.25, 0.3) is 0 Å². The van der Waals surface area contributed by atoms with Crippen LogP contribution < -0.4 is 0 Å². The van der Waals surface area contributed by atoms with Gasteiger partial charge in [0.15, 0.2) is 5.79 Å². The number of ether oxygens (including phenoxy) is 3. The molecule has 1 N–H and O–H groups in total. The van der Waals surface area contributed by atoms with Crippen molar-refractivity contribution in [3.05, 3.63) is 0 Å². The van der Waals surface area contributed by atoms with Crippen molar-refractivity contribution in [1.82, 2.24) is 0 Å². The molecule has 0 aromatic rings. The minimum atomic E-state index is -0.510. The van der Waals surface area contributed by atoms with E-state index in [0.717, 1.165) is 32.1 Å². The Balaban J connectivity index is 1.51. The van der Waals surface area contributed by atoms with E-state index in [1.807, 2.05) is 0 Å². The summed E-state index contributed by atoms with van der Waals surface area (Å²) in [4.78, 5) is 12.5. The predicted octanol–water partition coefficient (Wildman–Crippen LogP) is 4.73. The van der Waals surface area contributed by atoms with Gasteiger partial charge in [0.05, 0.1) is 23.7 Å². The summed E-state index contributed by atoms with van der Waals surface area (Å²) < 4.78 is 19.0. The minimum absolute atomic E-state index is 0.0397. The lowest BCUT2D eigenvalue weighted by Gasteiger charge is -2.63. The molecular formula is C25H39IO5. The molecule has 0 bridgehead atoms. The van der Waals surface area contributed by atoms with Crippen LogP contribution in [0.3, 0.4) is 0 Å². The SMILES string of the molecule is CC1([C@H]2CC[C@H]3[C@@H]4CC[C@H]5C[C@H](O)CC[C@]5(C)[C@H]4[C@@H](OC(=O)CI)C[C@]23C)OCCO1. The molecule has 31 heavy (non-hydrogen) atoms. The third-order valence-electron chi connectivity index (χ3n) is 10.4. The van der Waals surface area contributed by atoms with Crippen LogP contribution in [0.15, 0.2) is 0 Å². The largest absolute Gasteiger partial charge is 0.461 e. The molecule has 9 atom stereocenters. The fraction of sp³-hybridized carbons (Fsp3) is 0.960. The summed E-state index contributed by atoms with van der Waals surface area (Å²) >= 11 is 2.12. The van der Waals surface area contributed by atoms with Gasteiger partial charge >= 0.3 is 5.97 Å². The number of hydrogen-bond donors (Lipinski definition) is 1. The summed E-state index contributed by atoms with van der Waals surface area (Å²) in [6.07, 6.45) is 8.31. The summed E-state index contributed by atoms with van der Waals surface area (Å²) in [7, 11) is 0. The first-order chi connectivity index (χ1) is 14.7. The number of carbonyl (C=O) groups is 1. The quantitative estimate of drug-likeness (QED) is 0.315. The number of alkyl halides is 1. The molecule has 176 valence electrons. The van der Waals surface area contributed by atoms with Gasteiger partial charge in [-0.1, -0.05) is 36.4 Å².